The fourth-order valence-electron chi connectivity index (χ4n) is 1.77. The first-order valence-electron chi connectivity index (χ1n) is 5.91. The molecule has 0 fully saturated rings. The Bertz CT molecular complexity index is 746. The number of hydrogen-bond donors (Lipinski definition) is 1. The van der Waals surface area contributed by atoms with Gasteiger partial charge in [-0.2, -0.15) is 0 Å². The maximum Gasteiger partial charge on any atom is 0.169 e. The van der Waals surface area contributed by atoms with Gasteiger partial charge in [-0.15, -0.1) is 11.3 Å². The topological polar surface area (TPSA) is 59.9 Å². The molecule has 0 saturated heterocycles. The van der Waals surface area contributed by atoms with Crippen molar-refractivity contribution in [3.05, 3.63) is 40.2 Å². The van der Waals surface area contributed by atoms with Gasteiger partial charge in [0.2, 0.25) is 0 Å². The number of ether oxygens (including phenoxy) is 1. The van der Waals surface area contributed by atoms with Crippen LogP contribution < -0.4 is 10.1 Å². The van der Waals surface area contributed by atoms with Crippen LogP contribution in [-0.2, 0) is 6.61 Å². The minimum Gasteiger partial charge on any atom is -0.484 e. The number of anilines is 1. The summed E-state index contributed by atoms with van der Waals surface area (Å²) in [4.78, 5) is 14.0. The molecule has 5 nitrogen and oxygen atoms in total. The molecule has 0 radical (unpaired) electrons. The Balaban J connectivity index is 1.83. The van der Waals surface area contributed by atoms with E-state index in [0.717, 1.165) is 20.5 Å². The number of hydrogen-bond acceptors (Lipinski definition) is 6. The molecule has 0 unspecified atom stereocenters. The molecule has 3 aromatic heterocycles. The molecule has 7 heteroatoms. The van der Waals surface area contributed by atoms with Gasteiger partial charge < -0.3 is 10.1 Å². The zero-order valence-electron chi connectivity index (χ0n) is 10.6. The smallest absolute Gasteiger partial charge is 0.169 e. The first-order chi connectivity index (χ1) is 9.76. The van der Waals surface area contributed by atoms with Crippen molar-refractivity contribution in [2.75, 3.05) is 12.4 Å². The SMILES string of the molecule is CNc1nc(COc2cncc(Br)c2)nc2sccc12. The number of thiophene rings is 1. The highest BCUT2D eigenvalue weighted by molar-refractivity contribution is 9.10. The molecule has 0 spiro atoms. The minimum absolute atomic E-state index is 0.306. The number of halogens is 1. The Hall–Kier alpha value is -1.73. The van der Waals surface area contributed by atoms with Gasteiger partial charge in [0.15, 0.2) is 5.82 Å². The van der Waals surface area contributed by atoms with Crippen LogP contribution in [0.5, 0.6) is 5.75 Å². The minimum atomic E-state index is 0.306. The Morgan fingerprint density at radius 2 is 2.25 bits per heavy atom. The Morgan fingerprint density at radius 3 is 3.05 bits per heavy atom. The van der Waals surface area contributed by atoms with E-state index in [2.05, 4.69) is 36.2 Å². The molecule has 0 atom stereocenters. The van der Waals surface area contributed by atoms with E-state index in [1.54, 1.807) is 23.7 Å². The van der Waals surface area contributed by atoms with Crippen LogP contribution in [-0.4, -0.2) is 22.0 Å². The third-order valence-electron chi connectivity index (χ3n) is 2.66. The van der Waals surface area contributed by atoms with Crippen molar-refractivity contribution >= 4 is 43.3 Å². The lowest BCUT2D eigenvalue weighted by Crippen LogP contribution is -2.04. The summed E-state index contributed by atoms with van der Waals surface area (Å²) in [5.74, 6) is 2.15. The zero-order chi connectivity index (χ0) is 13.9. The highest BCUT2D eigenvalue weighted by Gasteiger charge is 2.08. The van der Waals surface area contributed by atoms with E-state index in [0.29, 0.717) is 18.2 Å². The summed E-state index contributed by atoms with van der Waals surface area (Å²) >= 11 is 4.95. The van der Waals surface area contributed by atoms with Crippen molar-refractivity contribution in [1.29, 1.82) is 0 Å². The van der Waals surface area contributed by atoms with Crippen molar-refractivity contribution < 1.29 is 4.74 Å². The Labute approximate surface area is 128 Å². The van der Waals surface area contributed by atoms with Gasteiger partial charge in [0, 0.05) is 17.7 Å². The summed E-state index contributed by atoms with van der Waals surface area (Å²) in [5, 5.41) is 6.12. The Morgan fingerprint density at radius 1 is 1.35 bits per heavy atom. The van der Waals surface area contributed by atoms with Crippen LogP contribution in [0, 0.1) is 0 Å². The van der Waals surface area contributed by atoms with E-state index in [-0.39, 0.29) is 0 Å². The largest absolute Gasteiger partial charge is 0.484 e. The van der Waals surface area contributed by atoms with Gasteiger partial charge in [-0.1, -0.05) is 0 Å². The number of nitrogens with zero attached hydrogens (tertiary/aromatic N) is 3. The molecule has 20 heavy (non-hydrogen) atoms. The summed E-state index contributed by atoms with van der Waals surface area (Å²) in [6, 6.07) is 3.87. The van der Waals surface area contributed by atoms with Crippen molar-refractivity contribution in [3.63, 3.8) is 0 Å². The van der Waals surface area contributed by atoms with E-state index in [4.69, 9.17) is 4.74 Å². The third-order valence-corrected chi connectivity index (χ3v) is 3.90. The van der Waals surface area contributed by atoms with Crippen LogP contribution in [0.2, 0.25) is 0 Å². The van der Waals surface area contributed by atoms with Crippen molar-refractivity contribution in [1.82, 2.24) is 15.0 Å². The fraction of sp³-hybridized carbons (Fsp3) is 0.154. The lowest BCUT2D eigenvalue weighted by Gasteiger charge is -2.07. The molecular formula is C13H11BrN4OS. The molecule has 3 rings (SSSR count). The summed E-state index contributed by atoms with van der Waals surface area (Å²) in [6.45, 7) is 0.306. The average molecular weight is 351 g/mol. The van der Waals surface area contributed by atoms with Crippen molar-refractivity contribution in [2.45, 2.75) is 6.61 Å². The quantitative estimate of drug-likeness (QED) is 0.780. The van der Waals surface area contributed by atoms with Crippen LogP contribution in [0.15, 0.2) is 34.4 Å². The van der Waals surface area contributed by atoms with Crippen LogP contribution >= 0.6 is 27.3 Å². The average Bonchev–Trinajstić information content (AvgIpc) is 2.92. The highest BCUT2D eigenvalue weighted by Crippen LogP contribution is 2.25. The predicted octanol–water partition coefficient (Wildman–Crippen LogP) is 3.47. The monoisotopic (exact) mass is 350 g/mol. The Kier molecular flexibility index (Phi) is 3.79. The first-order valence-corrected chi connectivity index (χ1v) is 7.59. The molecule has 1 N–H and O–H groups in total. The number of pyridine rings is 1. The van der Waals surface area contributed by atoms with E-state index in [1.807, 2.05) is 24.6 Å². The second-order valence-corrected chi connectivity index (χ2v) is 5.82. The van der Waals surface area contributed by atoms with Gasteiger partial charge in [0.1, 0.15) is 23.0 Å². The van der Waals surface area contributed by atoms with Crippen LogP contribution in [0.3, 0.4) is 0 Å². The fourth-order valence-corrected chi connectivity index (χ4v) is 2.90. The van der Waals surface area contributed by atoms with Crippen LogP contribution in [0.25, 0.3) is 10.2 Å². The number of rotatable bonds is 4. The van der Waals surface area contributed by atoms with Gasteiger partial charge in [-0.05, 0) is 33.4 Å². The molecule has 3 heterocycles. The molecule has 0 bridgehead atoms. The van der Waals surface area contributed by atoms with E-state index in [9.17, 15) is 0 Å². The summed E-state index contributed by atoms with van der Waals surface area (Å²) in [5.41, 5.74) is 0. The standard InChI is InChI=1S/C13H11BrN4OS/c1-15-12-10-2-3-20-13(10)18-11(17-12)7-19-9-4-8(14)5-16-6-9/h2-6H,7H2,1H3,(H,15,17,18). The number of fused-ring (bicyclic) bond motifs is 1. The molecule has 3 aromatic rings. The van der Waals surface area contributed by atoms with Crippen molar-refractivity contribution in [3.8, 4) is 5.75 Å². The number of nitrogens with one attached hydrogen (secondary N) is 1. The summed E-state index contributed by atoms with van der Waals surface area (Å²) in [7, 11) is 1.85. The summed E-state index contributed by atoms with van der Waals surface area (Å²) < 4.78 is 6.53. The van der Waals surface area contributed by atoms with E-state index < -0.39 is 0 Å². The molecule has 0 aliphatic heterocycles. The maximum absolute atomic E-state index is 5.66. The van der Waals surface area contributed by atoms with E-state index in [1.165, 1.54) is 0 Å². The summed E-state index contributed by atoms with van der Waals surface area (Å²) in [6.07, 6.45) is 3.37. The van der Waals surface area contributed by atoms with Gasteiger partial charge in [-0.25, -0.2) is 9.97 Å². The zero-order valence-corrected chi connectivity index (χ0v) is 13.0. The van der Waals surface area contributed by atoms with Crippen molar-refractivity contribution in [2.24, 2.45) is 0 Å². The third kappa shape index (κ3) is 2.73. The second kappa shape index (κ2) is 5.72. The molecule has 0 aliphatic rings. The van der Waals surface area contributed by atoms with Crippen LogP contribution in [0.4, 0.5) is 5.82 Å². The van der Waals surface area contributed by atoms with Gasteiger partial charge in [-0.3, -0.25) is 4.98 Å². The van der Waals surface area contributed by atoms with Crippen LogP contribution in [0.1, 0.15) is 5.82 Å². The molecule has 0 aliphatic carbocycles. The van der Waals surface area contributed by atoms with E-state index >= 15 is 0 Å². The lowest BCUT2D eigenvalue weighted by atomic mass is 10.4. The molecule has 0 saturated carbocycles. The molecule has 0 aromatic carbocycles. The first kappa shape index (κ1) is 13.3. The van der Waals surface area contributed by atoms with Gasteiger partial charge in [0.05, 0.1) is 11.6 Å². The molecular weight excluding hydrogens is 340 g/mol. The normalized spacial score (nSPS) is 10.7. The predicted molar refractivity (Wildman–Crippen MR) is 83.2 cm³/mol. The highest BCUT2D eigenvalue weighted by atomic mass is 79.9. The number of aromatic nitrogens is 3. The van der Waals surface area contributed by atoms with Gasteiger partial charge >= 0.3 is 0 Å². The second-order valence-electron chi connectivity index (χ2n) is 4.01. The maximum atomic E-state index is 5.66. The van der Waals surface area contributed by atoms with Gasteiger partial charge in [0.25, 0.3) is 0 Å². The lowest BCUT2D eigenvalue weighted by molar-refractivity contribution is 0.295. The molecule has 0 amide bonds. The molecule has 102 valence electrons.